The predicted octanol–water partition coefficient (Wildman–Crippen LogP) is 10.6. The molecule has 0 saturated carbocycles. The number of anilines is 1. The first-order chi connectivity index (χ1) is 19.0. The van der Waals surface area contributed by atoms with Crippen LogP contribution in [0.15, 0.2) is 112 Å². The maximum Gasteiger partial charge on any atom is 0.0388 e. The van der Waals surface area contributed by atoms with Crippen LogP contribution in [0.25, 0.3) is 11.1 Å². The lowest BCUT2D eigenvalue weighted by Crippen LogP contribution is -2.18. The Morgan fingerprint density at radius 3 is 2.18 bits per heavy atom. The molecule has 4 aliphatic rings. The van der Waals surface area contributed by atoms with Gasteiger partial charge in [-0.25, -0.2) is 0 Å². The molecule has 0 radical (unpaired) electrons. The summed E-state index contributed by atoms with van der Waals surface area (Å²) in [5, 5.41) is 3.76. The molecule has 0 saturated heterocycles. The minimum atomic E-state index is 0.358. The summed E-state index contributed by atoms with van der Waals surface area (Å²) in [5.41, 5.74) is 16.0. The SMILES string of the molecule is CCC(C)(CC)C1=CC=C(C2=CC(C3=CCCC(Nc4cccc(-c5ccc6c(c5)CC6)c4)=C3)=CCC2)CC1. The Balaban J connectivity index is 1.17. The highest BCUT2D eigenvalue weighted by atomic mass is 14.9. The number of benzene rings is 2. The second-order valence-corrected chi connectivity index (χ2v) is 12.1. The van der Waals surface area contributed by atoms with E-state index in [0.29, 0.717) is 5.41 Å². The van der Waals surface area contributed by atoms with Crippen molar-refractivity contribution in [1.82, 2.24) is 0 Å². The lowest BCUT2D eigenvalue weighted by molar-refractivity contribution is 0.354. The molecule has 4 aliphatic carbocycles. The van der Waals surface area contributed by atoms with Gasteiger partial charge in [0.15, 0.2) is 0 Å². The normalized spacial score (nSPS) is 18.9. The summed E-state index contributed by atoms with van der Waals surface area (Å²) in [4.78, 5) is 0. The van der Waals surface area contributed by atoms with E-state index in [9.17, 15) is 0 Å². The summed E-state index contributed by atoms with van der Waals surface area (Å²) in [5.74, 6) is 0. The molecular weight excluding hydrogens is 470 g/mol. The first-order valence-electron chi connectivity index (χ1n) is 15.3. The molecule has 0 fully saturated rings. The second kappa shape index (κ2) is 11.0. The van der Waals surface area contributed by atoms with Gasteiger partial charge in [0.1, 0.15) is 0 Å². The summed E-state index contributed by atoms with van der Waals surface area (Å²) in [6.07, 6.45) is 26.3. The third-order valence-corrected chi connectivity index (χ3v) is 9.82. The predicted molar refractivity (Wildman–Crippen MR) is 168 cm³/mol. The molecule has 1 heteroatoms. The smallest absolute Gasteiger partial charge is 0.0388 e. The first kappa shape index (κ1) is 25.9. The molecule has 0 aliphatic heterocycles. The van der Waals surface area contributed by atoms with E-state index >= 15 is 0 Å². The van der Waals surface area contributed by atoms with Gasteiger partial charge in [0.25, 0.3) is 0 Å². The summed E-state index contributed by atoms with van der Waals surface area (Å²) in [6.45, 7) is 7.11. The Bertz CT molecular complexity index is 1450. The van der Waals surface area contributed by atoms with Crippen LogP contribution in [0.1, 0.15) is 83.3 Å². The van der Waals surface area contributed by atoms with Crippen LogP contribution in [0.3, 0.4) is 0 Å². The van der Waals surface area contributed by atoms with Crippen molar-refractivity contribution in [2.24, 2.45) is 5.41 Å². The first-order valence-corrected chi connectivity index (χ1v) is 15.3. The maximum absolute atomic E-state index is 3.76. The number of hydrogen-bond donors (Lipinski definition) is 1. The van der Waals surface area contributed by atoms with Gasteiger partial charge in [-0.3, -0.25) is 0 Å². The van der Waals surface area contributed by atoms with Gasteiger partial charge in [-0.1, -0.05) is 87.1 Å². The highest BCUT2D eigenvalue weighted by Gasteiger charge is 2.26. The zero-order valence-electron chi connectivity index (χ0n) is 24.1. The Morgan fingerprint density at radius 2 is 1.46 bits per heavy atom. The van der Waals surface area contributed by atoms with Gasteiger partial charge in [-0.2, -0.15) is 0 Å². The minimum Gasteiger partial charge on any atom is -0.359 e. The molecule has 39 heavy (non-hydrogen) atoms. The molecule has 0 unspecified atom stereocenters. The van der Waals surface area contributed by atoms with Gasteiger partial charge in [0.2, 0.25) is 0 Å². The van der Waals surface area contributed by atoms with Crippen molar-refractivity contribution < 1.29 is 0 Å². The number of allylic oxidation sites excluding steroid dienone is 12. The van der Waals surface area contributed by atoms with E-state index in [1.165, 1.54) is 88.9 Å². The van der Waals surface area contributed by atoms with Crippen LogP contribution in [0.4, 0.5) is 5.69 Å². The van der Waals surface area contributed by atoms with Crippen molar-refractivity contribution >= 4 is 5.69 Å². The topological polar surface area (TPSA) is 12.0 Å². The van der Waals surface area contributed by atoms with Gasteiger partial charge in [0, 0.05) is 11.4 Å². The van der Waals surface area contributed by atoms with E-state index in [1.807, 2.05) is 0 Å². The Morgan fingerprint density at radius 1 is 0.692 bits per heavy atom. The molecule has 2 aromatic rings. The van der Waals surface area contributed by atoms with E-state index in [1.54, 1.807) is 11.1 Å². The van der Waals surface area contributed by atoms with E-state index in [-0.39, 0.29) is 0 Å². The van der Waals surface area contributed by atoms with Gasteiger partial charge in [-0.05, 0) is 132 Å². The van der Waals surface area contributed by atoms with Crippen molar-refractivity contribution in [2.75, 3.05) is 5.32 Å². The second-order valence-electron chi connectivity index (χ2n) is 12.1. The van der Waals surface area contributed by atoms with Gasteiger partial charge < -0.3 is 5.32 Å². The maximum atomic E-state index is 3.76. The lowest BCUT2D eigenvalue weighted by Gasteiger charge is -2.32. The number of rotatable bonds is 8. The highest BCUT2D eigenvalue weighted by molar-refractivity contribution is 5.70. The number of fused-ring (bicyclic) bond motifs is 1. The third-order valence-electron chi connectivity index (χ3n) is 9.82. The summed E-state index contributed by atoms with van der Waals surface area (Å²) in [6, 6.07) is 15.9. The van der Waals surface area contributed by atoms with E-state index in [0.717, 1.165) is 25.7 Å². The number of hydrogen-bond acceptors (Lipinski definition) is 1. The fourth-order valence-electron chi connectivity index (χ4n) is 6.61. The molecular formula is C38H43N. The van der Waals surface area contributed by atoms with Gasteiger partial charge in [0.05, 0.1) is 0 Å². The molecule has 1 nitrogen and oxygen atoms in total. The quantitative estimate of drug-likeness (QED) is 0.370. The molecule has 0 spiro atoms. The highest BCUT2D eigenvalue weighted by Crippen LogP contribution is 2.42. The van der Waals surface area contributed by atoms with Crippen molar-refractivity contribution in [3.8, 4) is 11.1 Å². The van der Waals surface area contributed by atoms with E-state index < -0.39 is 0 Å². The zero-order valence-corrected chi connectivity index (χ0v) is 24.1. The molecule has 2 aromatic carbocycles. The van der Waals surface area contributed by atoms with Gasteiger partial charge >= 0.3 is 0 Å². The lowest BCUT2D eigenvalue weighted by atomic mass is 9.73. The number of nitrogens with one attached hydrogen (secondary N) is 1. The Labute approximate surface area is 235 Å². The molecule has 1 N–H and O–H groups in total. The van der Waals surface area contributed by atoms with Crippen LogP contribution in [0, 0.1) is 5.41 Å². The fraction of sp³-hybridized carbons (Fsp3) is 0.368. The fourth-order valence-corrected chi connectivity index (χ4v) is 6.61. The van der Waals surface area contributed by atoms with Crippen molar-refractivity contribution in [3.63, 3.8) is 0 Å². The molecule has 6 rings (SSSR count). The largest absolute Gasteiger partial charge is 0.359 e. The average Bonchev–Trinajstić information content (AvgIpc) is 2.98. The Hall–Kier alpha value is -3.32. The van der Waals surface area contributed by atoms with Crippen LogP contribution in [0.2, 0.25) is 0 Å². The molecule has 0 amide bonds. The molecule has 200 valence electrons. The molecule has 0 bridgehead atoms. The van der Waals surface area contributed by atoms with E-state index in [4.69, 9.17) is 0 Å². The monoisotopic (exact) mass is 513 g/mol. The van der Waals surface area contributed by atoms with Crippen molar-refractivity contribution in [2.45, 2.75) is 85.0 Å². The van der Waals surface area contributed by atoms with Crippen molar-refractivity contribution in [3.05, 3.63) is 124 Å². The van der Waals surface area contributed by atoms with Crippen LogP contribution in [0.5, 0.6) is 0 Å². The molecule has 0 aromatic heterocycles. The van der Waals surface area contributed by atoms with Crippen molar-refractivity contribution in [1.29, 1.82) is 0 Å². The van der Waals surface area contributed by atoms with Crippen LogP contribution in [-0.4, -0.2) is 0 Å². The molecule has 0 heterocycles. The van der Waals surface area contributed by atoms with Gasteiger partial charge in [-0.15, -0.1) is 0 Å². The van der Waals surface area contributed by atoms with E-state index in [2.05, 4.69) is 105 Å². The third kappa shape index (κ3) is 5.42. The summed E-state index contributed by atoms with van der Waals surface area (Å²) < 4.78 is 0. The van der Waals surface area contributed by atoms with Crippen LogP contribution < -0.4 is 5.32 Å². The van der Waals surface area contributed by atoms with Crippen LogP contribution in [-0.2, 0) is 12.8 Å². The molecule has 0 atom stereocenters. The Kier molecular flexibility index (Phi) is 7.34. The summed E-state index contributed by atoms with van der Waals surface area (Å²) in [7, 11) is 0. The summed E-state index contributed by atoms with van der Waals surface area (Å²) >= 11 is 0. The minimum absolute atomic E-state index is 0.358. The van der Waals surface area contributed by atoms with Crippen LogP contribution >= 0.6 is 0 Å². The number of aryl methyl sites for hydroxylation is 2. The standard InChI is InChI=1S/C38H43N/c1-4-38(3,5-2)35-21-19-28(20-22-35)29-9-6-10-30(23-29)31-11-7-13-36(25-31)39-37-14-8-12-32(26-37)34-18-16-27-15-17-33(27)24-34/h8,10-12,14,16,18-19,21,23-26,39H,4-7,9,13,15,17,20,22H2,1-3H3. The average molecular weight is 514 g/mol. The zero-order chi connectivity index (χ0) is 26.8.